The van der Waals surface area contributed by atoms with Crippen LogP contribution in [-0.2, 0) is 0 Å². The highest BCUT2D eigenvalue weighted by molar-refractivity contribution is 7.27. The number of thiophene rings is 2. The number of nitrogens with zero attached hydrogens (tertiary/aromatic N) is 7. The van der Waals surface area contributed by atoms with Crippen LogP contribution in [0.1, 0.15) is 0 Å². The van der Waals surface area contributed by atoms with E-state index < -0.39 is 0 Å². The minimum absolute atomic E-state index is 0.392. The van der Waals surface area contributed by atoms with Crippen molar-refractivity contribution in [2.24, 2.45) is 0 Å². The van der Waals surface area contributed by atoms with E-state index in [4.69, 9.17) is 24.2 Å². The molecule has 0 bridgehead atoms. The number of furan rings is 1. The van der Waals surface area contributed by atoms with Gasteiger partial charge in [0.1, 0.15) is 11.2 Å². The molecule has 0 aliphatic rings. The summed E-state index contributed by atoms with van der Waals surface area (Å²) < 4.78 is 19.4. The van der Waals surface area contributed by atoms with Crippen LogP contribution in [-0.4, -0.2) is 28.7 Å². The molecular formula is C94H53N7OS2. The first-order valence-electron chi connectivity index (χ1n) is 34.8. The smallest absolute Gasteiger partial charge is 0.213 e. The van der Waals surface area contributed by atoms with Crippen LogP contribution in [0.15, 0.2) is 326 Å². The van der Waals surface area contributed by atoms with Crippen molar-refractivity contribution in [2.75, 3.05) is 0 Å². The van der Waals surface area contributed by atoms with Gasteiger partial charge in [-0.15, -0.1) is 22.7 Å². The zero-order valence-electron chi connectivity index (χ0n) is 55.5. The number of rotatable bonds is 9. The Hall–Kier alpha value is -13.6. The van der Waals surface area contributed by atoms with Crippen molar-refractivity contribution in [2.45, 2.75) is 0 Å². The molecular weight excluding hydrogens is 1310 g/mol. The predicted octanol–water partition coefficient (Wildman–Crippen LogP) is 26.4. The van der Waals surface area contributed by atoms with E-state index in [2.05, 4.69) is 293 Å². The minimum Gasteiger partial charge on any atom is -0.455 e. The summed E-state index contributed by atoms with van der Waals surface area (Å²) in [6.45, 7) is 10.1. The fourth-order valence-electron chi connectivity index (χ4n) is 16.5. The van der Waals surface area contributed by atoms with Gasteiger partial charge in [0.25, 0.3) is 0 Å². The van der Waals surface area contributed by atoms with E-state index in [9.17, 15) is 6.57 Å². The Kier molecular flexibility index (Phi) is 12.7. The molecule has 0 atom stereocenters. The summed E-state index contributed by atoms with van der Waals surface area (Å²) >= 11 is 3.65. The topological polar surface area (TPSA) is 71.0 Å². The van der Waals surface area contributed by atoms with Gasteiger partial charge in [0, 0.05) is 94.7 Å². The van der Waals surface area contributed by atoms with Gasteiger partial charge in [0.2, 0.25) is 5.69 Å². The van der Waals surface area contributed by atoms with E-state index in [1.807, 2.05) is 65.1 Å². The van der Waals surface area contributed by atoms with E-state index in [-0.39, 0.29) is 0 Å². The lowest BCUT2D eigenvalue weighted by atomic mass is 10.0. The molecule has 0 aliphatic heterocycles. The number of aromatic nitrogens is 6. The number of para-hydroxylation sites is 1. The average Bonchev–Trinajstić information content (AvgIpc) is 1.50. The highest BCUT2D eigenvalue weighted by Crippen LogP contribution is 2.54. The molecule has 0 spiro atoms. The summed E-state index contributed by atoms with van der Waals surface area (Å²) in [6.07, 6.45) is 0. The molecule has 0 unspecified atom stereocenters. The van der Waals surface area contributed by atoms with Crippen LogP contribution < -0.4 is 0 Å². The first-order chi connectivity index (χ1) is 51.5. The van der Waals surface area contributed by atoms with Crippen molar-refractivity contribution in [3.05, 3.63) is 333 Å². The van der Waals surface area contributed by atoms with Crippen molar-refractivity contribution in [1.29, 1.82) is 0 Å². The van der Waals surface area contributed by atoms with Crippen LogP contribution in [0.5, 0.6) is 0 Å². The molecule has 0 amide bonds. The van der Waals surface area contributed by atoms with Crippen molar-refractivity contribution in [1.82, 2.24) is 28.7 Å². The lowest BCUT2D eigenvalue weighted by Gasteiger charge is -2.26. The van der Waals surface area contributed by atoms with Gasteiger partial charge in [-0.1, -0.05) is 237 Å². The van der Waals surface area contributed by atoms with Gasteiger partial charge in [0.15, 0.2) is 17.5 Å². The molecule has 7 heterocycles. The third-order valence-corrected chi connectivity index (χ3v) is 23.5. The molecule has 22 rings (SSSR count). The summed E-state index contributed by atoms with van der Waals surface area (Å²) in [5.41, 5.74) is 18.6. The zero-order valence-corrected chi connectivity index (χ0v) is 57.1. The van der Waals surface area contributed by atoms with Crippen molar-refractivity contribution < 1.29 is 4.42 Å². The van der Waals surface area contributed by atoms with E-state index >= 15 is 0 Å². The standard InChI is InChI=1S/C94H53N7OS2/c1-95-73-54-72(94-97-92(58-29-13-5-14-30-58)96-93(98-94)59-31-15-6-16-32-59)86(99-75-46-40-61(56-25-9-3-10-26-56)52-70(75)84-78(99)49-43-67-64-34-18-21-37-81(64)103-90(67)84)88(101-74-45-39-60(55-23-7-2-8-24-55)51-69(74)83-77(101)48-42-66-63-33-17-20-36-80(63)102-89(66)83)87(73)100-76-47-41-62(57-27-11-4-12-28-57)53-71(76)85-79(100)50-44-68-65-35-19-22-38-82(65)104-91(68)85/h2-54H. The quantitative estimate of drug-likeness (QED) is 0.135. The van der Waals surface area contributed by atoms with Crippen LogP contribution in [0.3, 0.4) is 0 Å². The number of hydrogen-bond acceptors (Lipinski definition) is 6. The van der Waals surface area contributed by atoms with E-state index in [0.717, 1.165) is 143 Å². The Morgan fingerprint density at radius 3 is 1.13 bits per heavy atom. The molecule has 10 heteroatoms. The molecule has 0 radical (unpaired) electrons. The normalized spacial score (nSPS) is 12.0. The van der Waals surface area contributed by atoms with Crippen LogP contribution in [0.2, 0.25) is 0 Å². The molecule has 8 nitrogen and oxygen atoms in total. The van der Waals surface area contributed by atoms with Crippen molar-refractivity contribution >= 4 is 156 Å². The average molecular weight is 1360 g/mol. The first-order valence-corrected chi connectivity index (χ1v) is 36.5. The molecule has 482 valence electrons. The van der Waals surface area contributed by atoms with Gasteiger partial charge in [-0.2, -0.15) is 0 Å². The summed E-state index contributed by atoms with van der Waals surface area (Å²) in [6, 6.07) is 115. The Balaban J connectivity index is 1.00. The summed E-state index contributed by atoms with van der Waals surface area (Å²) in [7, 11) is 0. The molecule has 0 aliphatic carbocycles. The monoisotopic (exact) mass is 1360 g/mol. The third kappa shape index (κ3) is 8.66. The fourth-order valence-corrected chi connectivity index (χ4v) is 19.0. The van der Waals surface area contributed by atoms with Gasteiger partial charge in [0.05, 0.1) is 62.1 Å². The Morgan fingerprint density at radius 1 is 0.279 bits per heavy atom. The SMILES string of the molecule is [C-]#[N+]c1cc(-c2nc(-c3ccccc3)nc(-c3ccccc3)n2)c(-n2c3ccc(-c4ccccc4)cc3c3c4sc5ccccc5c4ccc32)c(-n2c3ccc(-c4ccccc4)cc3c3c4oc5ccccc5c4ccc32)c1-n1c2ccc(-c3ccccc3)cc2c2c3sc4ccccc4c3ccc21. The minimum atomic E-state index is 0.392. The summed E-state index contributed by atoms with van der Waals surface area (Å²) in [5, 5.41) is 13.1. The Morgan fingerprint density at radius 2 is 0.654 bits per heavy atom. The first kappa shape index (κ1) is 58.3. The van der Waals surface area contributed by atoms with E-state index in [1.54, 1.807) is 0 Å². The Labute approximate surface area is 602 Å². The summed E-state index contributed by atoms with van der Waals surface area (Å²) in [4.78, 5) is 21.7. The predicted molar refractivity (Wildman–Crippen MR) is 435 cm³/mol. The molecule has 104 heavy (non-hydrogen) atoms. The maximum Gasteiger partial charge on any atom is 0.213 e. The second kappa shape index (κ2) is 22.7. The maximum absolute atomic E-state index is 10.1. The lowest BCUT2D eigenvalue weighted by molar-refractivity contribution is 0.673. The third-order valence-electron chi connectivity index (χ3n) is 21.1. The van der Waals surface area contributed by atoms with Gasteiger partial charge < -0.3 is 18.1 Å². The molecule has 15 aromatic carbocycles. The van der Waals surface area contributed by atoms with Crippen LogP contribution in [0, 0.1) is 6.57 Å². The number of hydrogen-bond donors (Lipinski definition) is 0. The van der Waals surface area contributed by atoms with Crippen LogP contribution >= 0.6 is 22.7 Å². The van der Waals surface area contributed by atoms with E-state index in [1.165, 1.54) is 40.3 Å². The van der Waals surface area contributed by atoms with Crippen molar-refractivity contribution in [3.63, 3.8) is 0 Å². The highest BCUT2D eigenvalue weighted by Gasteiger charge is 2.34. The zero-order chi connectivity index (χ0) is 68.3. The molecule has 0 N–H and O–H groups in total. The fraction of sp³-hybridized carbons (Fsp3) is 0. The van der Waals surface area contributed by atoms with Gasteiger partial charge in [-0.3, -0.25) is 0 Å². The van der Waals surface area contributed by atoms with Crippen LogP contribution in [0.4, 0.5) is 5.69 Å². The molecule has 0 fully saturated rings. The molecule has 0 saturated carbocycles. The lowest BCUT2D eigenvalue weighted by Crippen LogP contribution is -2.12. The number of benzene rings is 15. The molecule has 0 saturated heterocycles. The molecule has 22 aromatic rings. The van der Waals surface area contributed by atoms with Gasteiger partial charge in [-0.25, -0.2) is 19.8 Å². The second-order valence-electron chi connectivity index (χ2n) is 26.7. The van der Waals surface area contributed by atoms with Crippen LogP contribution in [0.25, 0.3) is 217 Å². The van der Waals surface area contributed by atoms with Crippen molar-refractivity contribution in [3.8, 4) is 84.6 Å². The Bertz CT molecular complexity index is 7350. The highest BCUT2D eigenvalue weighted by atomic mass is 32.1. The second-order valence-corrected chi connectivity index (χ2v) is 28.8. The van der Waals surface area contributed by atoms with Gasteiger partial charge >= 0.3 is 0 Å². The largest absolute Gasteiger partial charge is 0.455 e. The van der Waals surface area contributed by atoms with Gasteiger partial charge in [-0.05, 0) is 118 Å². The number of fused-ring (bicyclic) bond motifs is 21. The summed E-state index contributed by atoms with van der Waals surface area (Å²) in [5.74, 6) is 1.40. The molecule has 7 aromatic heterocycles. The van der Waals surface area contributed by atoms with E-state index in [0.29, 0.717) is 34.4 Å². The maximum atomic E-state index is 10.1.